The van der Waals surface area contributed by atoms with Crippen molar-refractivity contribution in [3.8, 4) is 0 Å². The van der Waals surface area contributed by atoms with Crippen LogP contribution in [0, 0.1) is 5.92 Å². The molecular formula is C19H20O6. The molecule has 0 spiro atoms. The summed E-state index contributed by atoms with van der Waals surface area (Å²) in [6.07, 6.45) is 0.366. The van der Waals surface area contributed by atoms with Crippen LogP contribution in [0.1, 0.15) is 26.7 Å². The van der Waals surface area contributed by atoms with Gasteiger partial charge in [0.25, 0.3) is 0 Å². The van der Waals surface area contributed by atoms with Crippen molar-refractivity contribution in [3.05, 3.63) is 48.3 Å². The van der Waals surface area contributed by atoms with E-state index in [-0.39, 0.29) is 29.8 Å². The van der Waals surface area contributed by atoms with Crippen molar-refractivity contribution in [2.75, 3.05) is 0 Å². The lowest BCUT2D eigenvalue weighted by atomic mass is 9.81. The first-order valence-corrected chi connectivity index (χ1v) is 8.02. The van der Waals surface area contributed by atoms with Crippen LogP contribution >= 0.6 is 0 Å². The molecule has 3 heterocycles. The largest absolute Gasteiger partial charge is 0.479 e. The van der Waals surface area contributed by atoms with Crippen molar-refractivity contribution in [1.82, 2.24) is 0 Å². The second kappa shape index (κ2) is 5.72. The average molecular weight is 344 g/mol. The fourth-order valence-corrected chi connectivity index (χ4v) is 3.40. The third kappa shape index (κ3) is 2.81. The predicted molar refractivity (Wildman–Crippen MR) is 88.2 cm³/mol. The normalized spacial score (nSPS) is 34.2. The van der Waals surface area contributed by atoms with E-state index in [1.807, 2.05) is 0 Å². The van der Waals surface area contributed by atoms with E-state index in [9.17, 15) is 14.4 Å². The number of hydrogen-bond donors (Lipinski definition) is 0. The van der Waals surface area contributed by atoms with E-state index in [4.69, 9.17) is 14.2 Å². The lowest BCUT2D eigenvalue weighted by Gasteiger charge is -2.31. The van der Waals surface area contributed by atoms with Crippen LogP contribution < -0.4 is 0 Å². The molecule has 6 heteroatoms. The van der Waals surface area contributed by atoms with Crippen LogP contribution in [0.5, 0.6) is 0 Å². The molecule has 0 aromatic heterocycles. The summed E-state index contributed by atoms with van der Waals surface area (Å²) in [5.74, 6) is -1.54. The highest BCUT2D eigenvalue weighted by Gasteiger charge is 2.52. The Hall–Kier alpha value is -2.63. The molecule has 25 heavy (non-hydrogen) atoms. The zero-order valence-corrected chi connectivity index (χ0v) is 14.3. The highest BCUT2D eigenvalue weighted by Crippen LogP contribution is 2.44. The molecule has 0 saturated carbocycles. The first-order valence-electron chi connectivity index (χ1n) is 8.02. The van der Waals surface area contributed by atoms with Gasteiger partial charge in [0.1, 0.15) is 18.0 Å². The van der Waals surface area contributed by atoms with E-state index >= 15 is 0 Å². The summed E-state index contributed by atoms with van der Waals surface area (Å²) in [4.78, 5) is 36.5. The minimum Gasteiger partial charge on any atom is -0.479 e. The maximum Gasteiger partial charge on any atom is 0.334 e. The first kappa shape index (κ1) is 17.2. The van der Waals surface area contributed by atoms with Gasteiger partial charge in [-0.25, -0.2) is 9.59 Å². The number of ketones is 1. The molecule has 0 aromatic rings. The summed E-state index contributed by atoms with van der Waals surface area (Å²) in [5, 5.41) is 0. The third-order valence-corrected chi connectivity index (χ3v) is 4.84. The molecular weight excluding hydrogens is 324 g/mol. The Morgan fingerprint density at radius 2 is 2.04 bits per heavy atom. The Morgan fingerprint density at radius 1 is 1.36 bits per heavy atom. The minimum absolute atomic E-state index is 0.0783. The van der Waals surface area contributed by atoms with Crippen molar-refractivity contribution in [2.24, 2.45) is 5.92 Å². The molecule has 0 aliphatic carbocycles. The van der Waals surface area contributed by atoms with Crippen molar-refractivity contribution >= 4 is 17.7 Å². The number of carbonyl (C=O) groups excluding carboxylic acids is 3. The van der Waals surface area contributed by atoms with Crippen molar-refractivity contribution in [1.29, 1.82) is 0 Å². The Labute approximate surface area is 145 Å². The Bertz CT molecular complexity index is 758. The van der Waals surface area contributed by atoms with Gasteiger partial charge in [-0.15, -0.1) is 0 Å². The molecule has 0 amide bonds. The molecule has 3 aliphatic heterocycles. The summed E-state index contributed by atoms with van der Waals surface area (Å²) >= 11 is 0. The van der Waals surface area contributed by atoms with E-state index in [1.165, 1.54) is 13.0 Å². The van der Waals surface area contributed by atoms with Gasteiger partial charge in [-0.3, -0.25) is 4.79 Å². The number of hydrogen-bond acceptors (Lipinski definition) is 6. The molecule has 0 N–H and O–H groups in total. The van der Waals surface area contributed by atoms with E-state index in [0.717, 1.165) is 0 Å². The second-order valence-corrected chi connectivity index (χ2v) is 6.94. The predicted octanol–water partition coefficient (Wildman–Crippen LogP) is 2.16. The van der Waals surface area contributed by atoms with Crippen LogP contribution in [0.2, 0.25) is 0 Å². The Balaban J connectivity index is 2.03. The fraction of sp³-hybridized carbons (Fsp3) is 0.421. The minimum atomic E-state index is -1.20. The van der Waals surface area contributed by atoms with Gasteiger partial charge in [0.15, 0.2) is 5.60 Å². The van der Waals surface area contributed by atoms with Crippen molar-refractivity contribution in [2.45, 2.75) is 44.5 Å². The summed E-state index contributed by atoms with van der Waals surface area (Å²) in [6.45, 7) is 14.5. The van der Waals surface area contributed by atoms with Crippen LogP contribution in [-0.4, -0.2) is 35.5 Å². The molecule has 0 aromatic carbocycles. The van der Waals surface area contributed by atoms with Gasteiger partial charge in [-0.1, -0.05) is 19.7 Å². The van der Waals surface area contributed by atoms with Crippen molar-refractivity contribution in [3.63, 3.8) is 0 Å². The molecule has 0 radical (unpaired) electrons. The third-order valence-electron chi connectivity index (χ3n) is 4.84. The van der Waals surface area contributed by atoms with Gasteiger partial charge in [-0.05, 0) is 19.4 Å². The van der Waals surface area contributed by atoms with E-state index < -0.39 is 35.7 Å². The lowest BCUT2D eigenvalue weighted by Crippen LogP contribution is -2.43. The highest BCUT2D eigenvalue weighted by molar-refractivity contribution is 6.00. The summed E-state index contributed by atoms with van der Waals surface area (Å²) < 4.78 is 16.8. The standard InChI is InChI=1S/C19H20O6/c1-9(2)17(21)24-14-8-19(5)15(20)7-12(25-19)10(3)6-13-16(14)11(4)18(22)23-13/h7,13-14,16H,1,3-4,6,8H2,2,5H3/t13-,14+,16+,19+/m0/s1. The number of fused-ring (bicyclic) bond motifs is 3. The van der Waals surface area contributed by atoms with Gasteiger partial charge in [-0.2, -0.15) is 0 Å². The molecule has 132 valence electrons. The lowest BCUT2D eigenvalue weighted by molar-refractivity contribution is -0.153. The number of allylic oxidation sites excluding steroid dienone is 1. The van der Waals surface area contributed by atoms with Crippen LogP contribution in [-0.2, 0) is 28.6 Å². The zero-order valence-electron chi connectivity index (χ0n) is 14.3. The van der Waals surface area contributed by atoms with Gasteiger partial charge in [0.2, 0.25) is 5.78 Å². The molecule has 2 fully saturated rings. The van der Waals surface area contributed by atoms with Crippen LogP contribution in [0.3, 0.4) is 0 Å². The number of rotatable bonds is 2. The highest BCUT2D eigenvalue weighted by atomic mass is 16.6. The molecule has 0 unspecified atom stereocenters. The number of esters is 2. The Morgan fingerprint density at radius 3 is 2.68 bits per heavy atom. The molecule has 6 nitrogen and oxygen atoms in total. The zero-order chi connectivity index (χ0) is 18.5. The smallest absolute Gasteiger partial charge is 0.334 e. The molecule has 3 rings (SSSR count). The van der Waals surface area contributed by atoms with E-state index in [1.54, 1.807) is 6.92 Å². The van der Waals surface area contributed by atoms with Gasteiger partial charge in [0.05, 0.1) is 5.92 Å². The maximum atomic E-state index is 12.4. The number of ether oxygens (including phenoxy) is 3. The summed E-state index contributed by atoms with van der Waals surface area (Å²) in [5.41, 5.74) is -0.195. The van der Waals surface area contributed by atoms with Crippen LogP contribution in [0.25, 0.3) is 0 Å². The molecule has 4 atom stereocenters. The molecule has 3 aliphatic rings. The van der Waals surface area contributed by atoms with Gasteiger partial charge < -0.3 is 14.2 Å². The monoisotopic (exact) mass is 344 g/mol. The van der Waals surface area contributed by atoms with E-state index in [0.29, 0.717) is 11.3 Å². The van der Waals surface area contributed by atoms with Gasteiger partial charge >= 0.3 is 11.9 Å². The second-order valence-electron chi connectivity index (χ2n) is 6.94. The maximum absolute atomic E-state index is 12.4. The molecule has 2 saturated heterocycles. The van der Waals surface area contributed by atoms with Crippen molar-refractivity contribution < 1.29 is 28.6 Å². The quantitative estimate of drug-likeness (QED) is 0.564. The first-order chi connectivity index (χ1) is 11.6. The fourth-order valence-electron chi connectivity index (χ4n) is 3.40. The summed E-state index contributed by atoms with van der Waals surface area (Å²) in [7, 11) is 0. The van der Waals surface area contributed by atoms with E-state index in [2.05, 4.69) is 19.7 Å². The molecule has 2 bridgehead atoms. The number of carbonyl (C=O) groups is 3. The summed E-state index contributed by atoms with van der Waals surface area (Å²) in [6, 6.07) is 0. The topological polar surface area (TPSA) is 78.9 Å². The Kier molecular flexibility index (Phi) is 3.94. The average Bonchev–Trinajstić information content (AvgIpc) is 2.96. The van der Waals surface area contributed by atoms with Crippen LogP contribution in [0.15, 0.2) is 48.3 Å². The van der Waals surface area contributed by atoms with Crippen LogP contribution in [0.4, 0.5) is 0 Å². The van der Waals surface area contributed by atoms with Gasteiger partial charge in [0, 0.05) is 30.1 Å². The SMILES string of the molecule is C=C(C)C(=O)O[C@@H]1C[C@@]2(C)OC(=CC2=O)C(=C)C[C@@H]2OC(=O)C(=C)[C@H]21.